The highest BCUT2D eigenvalue weighted by molar-refractivity contribution is 6.63. The number of benzene rings is 4. The van der Waals surface area contributed by atoms with Crippen molar-refractivity contribution in [2.75, 3.05) is 52.6 Å². The van der Waals surface area contributed by atoms with Gasteiger partial charge in [0.15, 0.2) is 22.8 Å². The molecule has 16 nitrogen and oxygen atoms in total. The molecule has 0 aliphatic carbocycles. The van der Waals surface area contributed by atoms with Crippen molar-refractivity contribution in [3.05, 3.63) is 137 Å². The monoisotopic (exact) mass is 1270 g/mol. The van der Waals surface area contributed by atoms with Crippen molar-refractivity contribution in [2.45, 2.75) is 90.8 Å². The summed E-state index contributed by atoms with van der Waals surface area (Å²) < 4.78 is 112. The summed E-state index contributed by atoms with van der Waals surface area (Å²) in [5, 5.41) is 12.9. The molecule has 4 aromatic carbocycles. The third-order valence-electron chi connectivity index (χ3n) is 12.0. The molecular formula is C54H55Cl5F8N6O10. The van der Waals surface area contributed by atoms with Crippen LogP contribution in [-0.4, -0.2) is 116 Å². The van der Waals surface area contributed by atoms with E-state index in [0.29, 0.717) is 82.4 Å². The topological polar surface area (TPSA) is 203 Å². The molecule has 6 rings (SSSR count). The zero-order chi connectivity index (χ0) is 62.2. The summed E-state index contributed by atoms with van der Waals surface area (Å²) in [6.45, 7) is 7.09. The molecule has 0 bridgehead atoms. The molecule has 0 saturated carbocycles. The lowest BCUT2D eigenvalue weighted by molar-refractivity contribution is -0.141. The molecule has 2 heterocycles. The van der Waals surface area contributed by atoms with Gasteiger partial charge in [-0.3, -0.25) is 33.7 Å². The molecule has 0 radical (unpaired) electrons. The molecule has 5 amide bonds. The number of carbonyl (C=O) groups is 6. The number of hydrogen-bond donors (Lipinski definition) is 3. The molecule has 2 atom stereocenters. The third kappa shape index (κ3) is 20.9. The van der Waals surface area contributed by atoms with Crippen molar-refractivity contribution in [1.29, 1.82) is 0 Å². The highest BCUT2D eigenvalue weighted by Gasteiger charge is 2.40. The quantitative estimate of drug-likeness (QED) is 0.0331. The summed E-state index contributed by atoms with van der Waals surface area (Å²) in [4.78, 5) is 84.0. The number of oxime groups is 2. The van der Waals surface area contributed by atoms with Gasteiger partial charge in [-0.05, 0) is 124 Å². The molecule has 4 aromatic rings. The second kappa shape index (κ2) is 30.6. The van der Waals surface area contributed by atoms with Crippen LogP contribution in [0.1, 0.15) is 107 Å². The number of aryl methyl sites for hydroxylation is 2. The Morgan fingerprint density at radius 2 is 1.04 bits per heavy atom. The number of amides is 5. The van der Waals surface area contributed by atoms with Crippen molar-refractivity contribution < 1.29 is 83.0 Å². The van der Waals surface area contributed by atoms with Gasteiger partial charge in [-0.15, -0.1) is 0 Å². The lowest BCUT2D eigenvalue weighted by Gasteiger charge is -2.23. The van der Waals surface area contributed by atoms with Crippen LogP contribution >= 0.6 is 58.0 Å². The van der Waals surface area contributed by atoms with E-state index in [9.17, 15) is 63.9 Å². The maximum Gasteiger partial charge on any atom is 0.405 e. The minimum atomic E-state index is -4.66. The zero-order valence-corrected chi connectivity index (χ0v) is 48.9. The van der Waals surface area contributed by atoms with Crippen LogP contribution in [0.15, 0.2) is 71.0 Å². The first-order chi connectivity index (χ1) is 38.7. The first-order valence-electron chi connectivity index (χ1n) is 24.9. The summed E-state index contributed by atoms with van der Waals surface area (Å²) in [7, 11) is 0. The second-order valence-electron chi connectivity index (χ2n) is 18.6. The van der Waals surface area contributed by atoms with Crippen molar-refractivity contribution in [3.63, 3.8) is 0 Å². The van der Waals surface area contributed by atoms with Crippen molar-refractivity contribution in [2.24, 2.45) is 10.3 Å². The predicted molar refractivity (Wildman–Crippen MR) is 294 cm³/mol. The van der Waals surface area contributed by atoms with E-state index >= 15 is 0 Å². The molecule has 2 aliphatic rings. The van der Waals surface area contributed by atoms with Gasteiger partial charge in [0.25, 0.3) is 11.8 Å². The minimum Gasteiger partial charge on any atom is -0.384 e. The van der Waals surface area contributed by atoms with Gasteiger partial charge in [-0.2, -0.15) is 26.3 Å². The number of alkyl halides is 6. The number of halogens is 13. The van der Waals surface area contributed by atoms with Gasteiger partial charge >= 0.3 is 12.4 Å². The lowest BCUT2D eigenvalue weighted by atomic mass is 9.88. The Hall–Kier alpha value is -6.15. The zero-order valence-electron chi connectivity index (χ0n) is 45.1. The Labute approximate surface area is 496 Å². The van der Waals surface area contributed by atoms with E-state index in [4.69, 9.17) is 77.2 Å². The van der Waals surface area contributed by atoms with Crippen LogP contribution in [0, 0.1) is 25.5 Å². The van der Waals surface area contributed by atoms with E-state index in [2.05, 4.69) is 15.6 Å². The fourth-order valence-corrected chi connectivity index (χ4v) is 8.72. The highest BCUT2D eigenvalue weighted by Crippen LogP contribution is 2.41. The van der Waals surface area contributed by atoms with Crippen LogP contribution in [0.3, 0.4) is 0 Å². The summed E-state index contributed by atoms with van der Waals surface area (Å²) in [6, 6.07) is 15.1. The molecule has 29 heteroatoms. The molecule has 83 heavy (non-hydrogen) atoms. The predicted octanol–water partition coefficient (Wildman–Crippen LogP) is 11.6. The van der Waals surface area contributed by atoms with Gasteiger partial charge in [-0.25, -0.2) is 8.78 Å². The number of nitrogens with one attached hydrogen (secondary N) is 3. The van der Waals surface area contributed by atoms with Gasteiger partial charge in [0.2, 0.25) is 23.0 Å². The molecule has 2 unspecified atom stereocenters. The van der Waals surface area contributed by atoms with E-state index in [1.807, 2.05) is 6.92 Å². The van der Waals surface area contributed by atoms with E-state index in [0.717, 1.165) is 0 Å². The summed E-state index contributed by atoms with van der Waals surface area (Å²) in [6.07, 6.45) is -8.57. The molecule has 452 valence electrons. The smallest absolute Gasteiger partial charge is 0.384 e. The lowest BCUT2D eigenvalue weighted by Crippen LogP contribution is -2.46. The Balaban J connectivity index is 0.000000319. The highest BCUT2D eigenvalue weighted by atomic mass is 35.5. The molecule has 3 N–H and O–H groups in total. The normalized spacial score (nSPS) is 16.4. The number of carbonyl (C=O) groups excluding carboxylic acids is 6. The Morgan fingerprint density at radius 3 is 1.43 bits per heavy atom. The van der Waals surface area contributed by atoms with Gasteiger partial charge in [0.1, 0.15) is 19.6 Å². The number of hydrogen-bond acceptors (Lipinski definition) is 12. The van der Waals surface area contributed by atoms with Crippen molar-refractivity contribution in [1.82, 2.24) is 20.9 Å². The van der Waals surface area contributed by atoms with Crippen LogP contribution in [0.25, 0.3) is 0 Å². The largest absolute Gasteiger partial charge is 0.405 e. The molecule has 0 spiro atoms. The third-order valence-corrected chi connectivity index (χ3v) is 13.3. The van der Waals surface area contributed by atoms with E-state index < -0.39 is 90.9 Å². The standard InChI is InChI=1S/C27H27Cl2F4N3O5.C22H19Cl2F4N3O3.C5H9ClO2/c1-4-40-8-7-23(38)36(13-22(37)34-14-27(31,32)33)25(39)18-6-5-16(9-15(18)2)21-12-26(3,41-35-21)17-10-19(28)24(30)20(29)11-17;1-11-5-12(3-4-14(11)20(33)29-9-18(32)30-10-22(26,27)28)17-8-21(2,34-31-17)13-6-15(23)19(25)16(24)7-13;1-2-8-4-3-5(6)7/h5-6,9-11H,4,7-8,12-14H2,1-3H3,(H,34,37);3-7H,8-10H2,1-2H3,(H,29,33)(H,30,32);2-4H2,1H3. The van der Waals surface area contributed by atoms with Crippen LogP contribution < -0.4 is 16.0 Å². The fourth-order valence-electron chi connectivity index (χ4n) is 7.67. The Bertz CT molecular complexity index is 3070. The first-order valence-corrected chi connectivity index (χ1v) is 26.8. The van der Waals surface area contributed by atoms with E-state index in [-0.39, 0.29) is 55.9 Å². The molecular weight excluding hydrogens is 1220 g/mol. The molecule has 2 aliphatic heterocycles. The average Bonchev–Trinajstić information content (AvgIpc) is 4.19. The Morgan fingerprint density at radius 1 is 0.627 bits per heavy atom. The fraction of sp³-hybridized carbons (Fsp3) is 0.407. The number of nitrogens with zero attached hydrogens (tertiary/aromatic N) is 3. The molecule has 0 aromatic heterocycles. The van der Waals surface area contributed by atoms with E-state index in [1.165, 1.54) is 36.4 Å². The van der Waals surface area contributed by atoms with Crippen molar-refractivity contribution in [3.8, 4) is 0 Å². The van der Waals surface area contributed by atoms with Gasteiger partial charge in [0.05, 0.1) is 57.7 Å². The Kier molecular flexibility index (Phi) is 25.6. The van der Waals surface area contributed by atoms with Gasteiger partial charge < -0.3 is 35.1 Å². The van der Waals surface area contributed by atoms with Gasteiger partial charge in [-0.1, -0.05) is 68.8 Å². The van der Waals surface area contributed by atoms with Gasteiger partial charge in [0, 0.05) is 54.7 Å². The maximum atomic E-state index is 13.9. The van der Waals surface area contributed by atoms with Crippen LogP contribution in [0.5, 0.6) is 0 Å². The van der Waals surface area contributed by atoms with Crippen molar-refractivity contribution >= 4 is 104 Å². The molecule has 0 saturated heterocycles. The van der Waals surface area contributed by atoms with E-state index in [1.54, 1.807) is 69.5 Å². The summed E-state index contributed by atoms with van der Waals surface area (Å²) in [5.41, 5.74) is 2.68. The maximum absolute atomic E-state index is 13.9. The second-order valence-corrected chi connectivity index (χ2v) is 20.7. The number of imide groups is 1. The minimum absolute atomic E-state index is 0.0374. The van der Waals surface area contributed by atoms with Crippen LogP contribution in [-0.2, 0) is 49.5 Å². The first kappa shape index (κ1) is 69.3. The summed E-state index contributed by atoms with van der Waals surface area (Å²) in [5.74, 6) is -5.84. The average molecular weight is 1280 g/mol. The summed E-state index contributed by atoms with van der Waals surface area (Å²) >= 11 is 28.7. The molecule has 0 fully saturated rings. The van der Waals surface area contributed by atoms with Crippen LogP contribution in [0.4, 0.5) is 35.1 Å². The number of rotatable bonds is 20. The number of ether oxygens (including phenoxy) is 2. The SMILES string of the molecule is CCOCCC(=O)Cl.CCOCCC(=O)N(CC(=O)NCC(F)(F)F)C(=O)c1ccc(C2=NOC(C)(c3cc(Cl)c(F)c(Cl)c3)C2)cc1C.Cc1cc(C2=NOC(C)(c3cc(Cl)c(F)c(Cl)c3)C2)ccc1C(=O)NCC(=O)NCC(F)(F)F. The van der Waals surface area contributed by atoms with Crippen LogP contribution in [0.2, 0.25) is 20.1 Å².